The number of amides is 2. The first kappa shape index (κ1) is 15.8. The van der Waals surface area contributed by atoms with Gasteiger partial charge in [-0.25, -0.2) is 9.59 Å². The lowest BCUT2D eigenvalue weighted by atomic mass is 10.1. The molecule has 0 bridgehead atoms. The maximum absolute atomic E-state index is 11.6. The third-order valence-corrected chi connectivity index (χ3v) is 2.70. The largest absolute Gasteiger partial charge is 0.479 e. The maximum atomic E-state index is 11.6. The zero-order valence-corrected chi connectivity index (χ0v) is 11.7. The first-order valence-electron chi connectivity index (χ1n) is 6.00. The van der Waals surface area contributed by atoms with Crippen LogP contribution in [0.1, 0.15) is 6.92 Å². The van der Waals surface area contributed by atoms with E-state index in [4.69, 9.17) is 5.11 Å². The molecule has 2 amide bonds. The van der Waals surface area contributed by atoms with Crippen molar-refractivity contribution in [3.63, 3.8) is 0 Å². The van der Waals surface area contributed by atoms with Gasteiger partial charge in [0.15, 0.2) is 5.60 Å². The van der Waals surface area contributed by atoms with Crippen molar-refractivity contribution in [3.05, 3.63) is 24.3 Å². The molecule has 0 saturated heterocycles. The Balaban J connectivity index is 2.52. The SMILES string of the molecule is CN(C)c1ccc(NC(=O)NCC(C)(O)C(=O)O)cc1. The molecule has 0 aliphatic carbocycles. The molecule has 0 saturated carbocycles. The molecule has 1 aromatic carbocycles. The zero-order chi connectivity index (χ0) is 15.3. The molecule has 0 spiro atoms. The minimum atomic E-state index is -1.99. The van der Waals surface area contributed by atoms with Gasteiger partial charge in [-0.3, -0.25) is 0 Å². The van der Waals surface area contributed by atoms with Crippen LogP contribution in [0.15, 0.2) is 24.3 Å². The number of carbonyl (C=O) groups excluding carboxylic acids is 1. The molecule has 1 unspecified atom stereocenters. The Morgan fingerprint density at radius 3 is 2.25 bits per heavy atom. The fraction of sp³-hybridized carbons (Fsp3) is 0.385. The van der Waals surface area contributed by atoms with Crippen LogP contribution in [-0.4, -0.2) is 48.5 Å². The number of urea groups is 1. The number of benzene rings is 1. The summed E-state index contributed by atoms with van der Waals surface area (Å²) in [4.78, 5) is 24.2. The van der Waals surface area contributed by atoms with Crippen molar-refractivity contribution in [2.45, 2.75) is 12.5 Å². The van der Waals surface area contributed by atoms with Crippen molar-refractivity contribution in [1.82, 2.24) is 5.32 Å². The van der Waals surface area contributed by atoms with E-state index < -0.39 is 17.6 Å². The van der Waals surface area contributed by atoms with Gasteiger partial charge >= 0.3 is 12.0 Å². The van der Waals surface area contributed by atoms with E-state index in [1.165, 1.54) is 0 Å². The Morgan fingerprint density at radius 2 is 1.80 bits per heavy atom. The van der Waals surface area contributed by atoms with E-state index in [1.807, 2.05) is 31.1 Å². The number of carboxylic acids is 1. The van der Waals surface area contributed by atoms with Gasteiger partial charge in [0, 0.05) is 25.5 Å². The third-order valence-electron chi connectivity index (χ3n) is 2.70. The quantitative estimate of drug-likeness (QED) is 0.636. The van der Waals surface area contributed by atoms with Gasteiger partial charge in [-0.1, -0.05) is 0 Å². The van der Waals surface area contributed by atoms with Gasteiger partial charge in [0.25, 0.3) is 0 Å². The lowest BCUT2D eigenvalue weighted by Gasteiger charge is -2.18. The van der Waals surface area contributed by atoms with Gasteiger partial charge in [-0.05, 0) is 31.2 Å². The van der Waals surface area contributed by atoms with Crippen molar-refractivity contribution in [2.24, 2.45) is 0 Å². The average Bonchev–Trinajstić information content (AvgIpc) is 2.37. The van der Waals surface area contributed by atoms with Crippen LogP contribution in [0.4, 0.5) is 16.2 Å². The lowest BCUT2D eigenvalue weighted by Crippen LogP contribution is -2.47. The highest BCUT2D eigenvalue weighted by atomic mass is 16.4. The predicted molar refractivity (Wildman–Crippen MR) is 76.1 cm³/mol. The molecule has 4 N–H and O–H groups in total. The number of nitrogens with one attached hydrogen (secondary N) is 2. The topological polar surface area (TPSA) is 102 Å². The Hall–Kier alpha value is -2.28. The molecule has 0 heterocycles. The van der Waals surface area contributed by atoms with Crippen LogP contribution in [0, 0.1) is 0 Å². The first-order valence-corrected chi connectivity index (χ1v) is 6.00. The molecule has 0 fully saturated rings. The lowest BCUT2D eigenvalue weighted by molar-refractivity contribution is -0.155. The minimum absolute atomic E-state index is 0.385. The summed E-state index contributed by atoms with van der Waals surface area (Å²) in [7, 11) is 3.81. The average molecular weight is 281 g/mol. The van der Waals surface area contributed by atoms with E-state index in [0.717, 1.165) is 12.6 Å². The molecule has 0 radical (unpaired) electrons. The van der Waals surface area contributed by atoms with Crippen LogP contribution < -0.4 is 15.5 Å². The van der Waals surface area contributed by atoms with Crippen LogP contribution in [0.3, 0.4) is 0 Å². The smallest absolute Gasteiger partial charge is 0.337 e. The Labute approximate surface area is 117 Å². The number of carbonyl (C=O) groups is 2. The first-order chi connectivity index (χ1) is 9.22. The van der Waals surface area contributed by atoms with Crippen LogP contribution in [0.5, 0.6) is 0 Å². The number of aliphatic hydroxyl groups is 1. The molecule has 1 aromatic rings. The summed E-state index contributed by atoms with van der Waals surface area (Å²) in [6.07, 6.45) is 0. The highest BCUT2D eigenvalue weighted by molar-refractivity contribution is 5.90. The van der Waals surface area contributed by atoms with Crippen molar-refractivity contribution >= 4 is 23.4 Å². The third kappa shape index (κ3) is 4.43. The number of anilines is 2. The molecule has 20 heavy (non-hydrogen) atoms. The highest BCUT2D eigenvalue weighted by Crippen LogP contribution is 2.15. The van der Waals surface area contributed by atoms with E-state index in [-0.39, 0.29) is 6.54 Å². The molecular weight excluding hydrogens is 262 g/mol. The summed E-state index contributed by atoms with van der Waals surface area (Å²) in [6, 6.07) is 6.55. The molecule has 110 valence electrons. The van der Waals surface area contributed by atoms with Gasteiger partial charge in [0.05, 0.1) is 6.54 Å². The fourth-order valence-electron chi connectivity index (χ4n) is 1.35. The Morgan fingerprint density at radius 1 is 1.25 bits per heavy atom. The maximum Gasteiger partial charge on any atom is 0.337 e. The highest BCUT2D eigenvalue weighted by Gasteiger charge is 2.30. The van der Waals surface area contributed by atoms with Gasteiger partial charge < -0.3 is 25.7 Å². The number of carboxylic acid groups (broad SMARTS) is 1. The van der Waals surface area contributed by atoms with Crippen molar-refractivity contribution in [2.75, 3.05) is 30.9 Å². The molecular formula is C13H19N3O4. The Kier molecular flexibility index (Phi) is 4.93. The number of rotatable bonds is 5. The summed E-state index contributed by atoms with van der Waals surface area (Å²) >= 11 is 0. The number of hydrogen-bond acceptors (Lipinski definition) is 4. The van der Waals surface area contributed by atoms with E-state index in [1.54, 1.807) is 12.1 Å². The normalized spacial score (nSPS) is 13.2. The number of nitrogens with zero attached hydrogens (tertiary/aromatic N) is 1. The minimum Gasteiger partial charge on any atom is -0.479 e. The number of aliphatic carboxylic acids is 1. The standard InChI is InChI=1S/C13H19N3O4/c1-13(20,11(17)18)8-14-12(19)15-9-4-6-10(7-5-9)16(2)3/h4-7,20H,8H2,1-3H3,(H,17,18)(H2,14,15,19). The van der Waals surface area contributed by atoms with Crippen molar-refractivity contribution in [3.8, 4) is 0 Å². The zero-order valence-electron chi connectivity index (χ0n) is 11.7. The van der Waals surface area contributed by atoms with E-state index >= 15 is 0 Å². The van der Waals surface area contributed by atoms with Crippen molar-refractivity contribution < 1.29 is 19.8 Å². The van der Waals surface area contributed by atoms with Gasteiger partial charge in [-0.2, -0.15) is 0 Å². The van der Waals surface area contributed by atoms with Crippen LogP contribution >= 0.6 is 0 Å². The Bertz CT molecular complexity index is 483. The predicted octanol–water partition coefficient (Wildman–Crippen LogP) is 0.710. The molecule has 7 nitrogen and oxygen atoms in total. The van der Waals surface area contributed by atoms with Crippen LogP contribution in [0.2, 0.25) is 0 Å². The summed E-state index contributed by atoms with van der Waals surface area (Å²) in [6.45, 7) is 0.728. The molecule has 0 aliphatic heterocycles. The van der Waals surface area contributed by atoms with Gasteiger partial charge in [0.1, 0.15) is 0 Å². The molecule has 1 atom stereocenters. The number of hydrogen-bond donors (Lipinski definition) is 4. The summed E-state index contributed by atoms with van der Waals surface area (Å²) in [5, 5.41) is 23.0. The van der Waals surface area contributed by atoms with E-state index in [9.17, 15) is 14.7 Å². The van der Waals surface area contributed by atoms with Crippen molar-refractivity contribution in [1.29, 1.82) is 0 Å². The summed E-state index contributed by atoms with van der Waals surface area (Å²) < 4.78 is 0. The van der Waals surface area contributed by atoms with E-state index in [2.05, 4.69) is 10.6 Å². The molecule has 0 aromatic heterocycles. The van der Waals surface area contributed by atoms with Gasteiger partial charge in [-0.15, -0.1) is 0 Å². The molecule has 7 heteroatoms. The molecule has 0 aliphatic rings. The van der Waals surface area contributed by atoms with E-state index in [0.29, 0.717) is 5.69 Å². The second-order valence-electron chi connectivity index (χ2n) is 4.83. The summed E-state index contributed by atoms with van der Waals surface area (Å²) in [5.41, 5.74) is -0.431. The van der Waals surface area contributed by atoms with Gasteiger partial charge in [0.2, 0.25) is 0 Å². The summed E-state index contributed by atoms with van der Waals surface area (Å²) in [5.74, 6) is -1.40. The molecule has 1 rings (SSSR count). The van der Waals surface area contributed by atoms with Crippen LogP contribution in [-0.2, 0) is 4.79 Å². The monoisotopic (exact) mass is 281 g/mol. The fourth-order valence-corrected chi connectivity index (χ4v) is 1.35. The second-order valence-corrected chi connectivity index (χ2v) is 4.83. The second kappa shape index (κ2) is 6.25. The van der Waals surface area contributed by atoms with Crippen LogP contribution in [0.25, 0.3) is 0 Å².